The van der Waals surface area contributed by atoms with E-state index in [9.17, 15) is 10.1 Å². The summed E-state index contributed by atoms with van der Waals surface area (Å²) in [6.45, 7) is 0. The third kappa shape index (κ3) is 2.26. The van der Waals surface area contributed by atoms with Gasteiger partial charge in [0.05, 0.1) is 4.92 Å². The molecule has 0 radical (unpaired) electrons. The maximum atomic E-state index is 10.6. The van der Waals surface area contributed by atoms with Crippen LogP contribution in [0, 0.1) is 27.9 Å². The Morgan fingerprint density at radius 1 is 1.47 bits per heavy atom. The highest BCUT2D eigenvalue weighted by atomic mass is 16.6. The molecule has 1 aromatic carbocycles. The van der Waals surface area contributed by atoms with Crippen molar-refractivity contribution in [2.24, 2.45) is 5.92 Å². The van der Waals surface area contributed by atoms with E-state index in [2.05, 4.69) is 11.8 Å². The van der Waals surface area contributed by atoms with Gasteiger partial charge in [-0.2, -0.15) is 0 Å². The van der Waals surface area contributed by atoms with E-state index in [0.29, 0.717) is 11.5 Å². The van der Waals surface area contributed by atoms with Gasteiger partial charge in [-0.15, -0.1) is 0 Å². The molecule has 0 unspecified atom stereocenters. The summed E-state index contributed by atoms with van der Waals surface area (Å²) in [4.78, 5) is 10.1. The number of rotatable bonds is 1. The van der Waals surface area contributed by atoms with Crippen LogP contribution in [0.5, 0.6) is 0 Å². The summed E-state index contributed by atoms with van der Waals surface area (Å²) in [5.74, 6) is 6.45. The number of nitrogens with two attached hydrogens (primary N) is 1. The van der Waals surface area contributed by atoms with Crippen LogP contribution >= 0.6 is 0 Å². The molecule has 1 aliphatic rings. The van der Waals surface area contributed by atoms with E-state index in [1.807, 2.05) is 0 Å². The molecule has 76 valence electrons. The van der Waals surface area contributed by atoms with Crippen molar-refractivity contribution in [1.82, 2.24) is 0 Å². The Morgan fingerprint density at radius 2 is 2.20 bits per heavy atom. The minimum atomic E-state index is -0.488. The molecule has 1 aromatic rings. The number of nitrogens with zero attached hydrogens (tertiary/aromatic N) is 1. The fraction of sp³-hybridized carbons (Fsp3) is 0.273. The Morgan fingerprint density at radius 3 is 2.80 bits per heavy atom. The van der Waals surface area contributed by atoms with Crippen LogP contribution in [0.3, 0.4) is 0 Å². The highest BCUT2D eigenvalue weighted by Gasteiger charge is 2.18. The molecule has 0 aromatic heterocycles. The molecule has 1 fully saturated rings. The first-order valence-corrected chi connectivity index (χ1v) is 4.72. The summed E-state index contributed by atoms with van der Waals surface area (Å²) >= 11 is 0. The van der Waals surface area contributed by atoms with Gasteiger partial charge in [-0.1, -0.05) is 11.8 Å². The minimum absolute atomic E-state index is 0.0717. The number of nitro groups is 1. The quantitative estimate of drug-likeness (QED) is 0.327. The molecule has 2 N–H and O–H groups in total. The lowest BCUT2D eigenvalue weighted by molar-refractivity contribution is -0.383. The number of nitrogen functional groups attached to an aromatic ring is 1. The fourth-order valence-electron chi connectivity index (χ4n) is 1.19. The summed E-state index contributed by atoms with van der Waals surface area (Å²) in [5, 5.41) is 10.6. The number of hydrogen-bond acceptors (Lipinski definition) is 3. The van der Waals surface area contributed by atoms with Crippen molar-refractivity contribution < 1.29 is 4.92 Å². The average Bonchev–Trinajstić information content (AvgIpc) is 3.00. The molecule has 2 rings (SSSR count). The molecular weight excluding hydrogens is 192 g/mol. The molecule has 0 spiro atoms. The second kappa shape index (κ2) is 3.62. The normalized spacial score (nSPS) is 14.1. The van der Waals surface area contributed by atoms with Crippen LogP contribution in [0.1, 0.15) is 18.4 Å². The predicted molar refractivity (Wildman–Crippen MR) is 57.1 cm³/mol. The molecule has 0 saturated heterocycles. The average molecular weight is 202 g/mol. The van der Waals surface area contributed by atoms with Crippen LogP contribution in [0.25, 0.3) is 0 Å². The molecule has 0 amide bonds. The number of nitro benzene ring substituents is 1. The van der Waals surface area contributed by atoms with Crippen LogP contribution in [0.15, 0.2) is 18.2 Å². The summed E-state index contributed by atoms with van der Waals surface area (Å²) in [5.41, 5.74) is 6.23. The Hall–Kier alpha value is -2.02. The molecule has 4 heteroatoms. The van der Waals surface area contributed by atoms with Crippen LogP contribution in [-0.2, 0) is 0 Å². The predicted octanol–water partition coefficient (Wildman–Crippen LogP) is 1.94. The van der Waals surface area contributed by atoms with E-state index in [-0.39, 0.29) is 11.4 Å². The van der Waals surface area contributed by atoms with Gasteiger partial charge < -0.3 is 5.73 Å². The van der Waals surface area contributed by atoms with Gasteiger partial charge in [-0.25, -0.2) is 0 Å². The van der Waals surface area contributed by atoms with Crippen molar-refractivity contribution in [3.8, 4) is 11.8 Å². The van der Waals surface area contributed by atoms with E-state index in [1.54, 1.807) is 6.07 Å². The van der Waals surface area contributed by atoms with Crippen molar-refractivity contribution in [1.29, 1.82) is 0 Å². The lowest BCUT2D eigenvalue weighted by Gasteiger charge is -1.96. The third-order valence-electron chi connectivity index (χ3n) is 2.23. The smallest absolute Gasteiger partial charge is 0.293 e. The van der Waals surface area contributed by atoms with Gasteiger partial charge >= 0.3 is 0 Å². The second-order valence-electron chi connectivity index (χ2n) is 3.57. The first-order valence-electron chi connectivity index (χ1n) is 4.72. The van der Waals surface area contributed by atoms with E-state index in [1.165, 1.54) is 12.1 Å². The first kappa shape index (κ1) is 9.53. The zero-order valence-electron chi connectivity index (χ0n) is 8.06. The monoisotopic (exact) mass is 202 g/mol. The number of anilines is 1. The Balaban J connectivity index is 2.30. The molecule has 0 bridgehead atoms. The summed E-state index contributed by atoms with van der Waals surface area (Å²) in [6, 6.07) is 4.65. The highest BCUT2D eigenvalue weighted by molar-refractivity contribution is 5.61. The molecule has 1 aliphatic carbocycles. The zero-order valence-corrected chi connectivity index (χ0v) is 8.06. The van der Waals surface area contributed by atoms with Gasteiger partial charge in [-0.05, 0) is 25.0 Å². The zero-order chi connectivity index (χ0) is 10.8. The van der Waals surface area contributed by atoms with Crippen molar-refractivity contribution in [2.45, 2.75) is 12.8 Å². The van der Waals surface area contributed by atoms with Gasteiger partial charge in [0.15, 0.2) is 0 Å². The van der Waals surface area contributed by atoms with Crippen molar-refractivity contribution in [3.63, 3.8) is 0 Å². The Labute approximate surface area is 87.2 Å². The second-order valence-corrected chi connectivity index (χ2v) is 3.57. The molecule has 0 atom stereocenters. The standard InChI is InChI=1S/C11H10N2O2/c12-10-6-5-9(4-3-8-1-2-8)7-11(10)13(14)15/h5-8H,1-2,12H2. The molecule has 15 heavy (non-hydrogen) atoms. The number of benzene rings is 1. The molecule has 0 heterocycles. The van der Waals surface area contributed by atoms with E-state index in [4.69, 9.17) is 5.73 Å². The maximum Gasteiger partial charge on any atom is 0.293 e. The van der Waals surface area contributed by atoms with Gasteiger partial charge in [0.25, 0.3) is 5.69 Å². The van der Waals surface area contributed by atoms with Gasteiger partial charge in [0.1, 0.15) is 5.69 Å². The van der Waals surface area contributed by atoms with Crippen molar-refractivity contribution in [3.05, 3.63) is 33.9 Å². The summed E-state index contributed by atoms with van der Waals surface area (Å²) in [6.07, 6.45) is 2.29. The minimum Gasteiger partial charge on any atom is -0.393 e. The van der Waals surface area contributed by atoms with E-state index >= 15 is 0 Å². The Kier molecular flexibility index (Phi) is 2.30. The van der Waals surface area contributed by atoms with Gasteiger partial charge in [0, 0.05) is 17.5 Å². The van der Waals surface area contributed by atoms with E-state index in [0.717, 1.165) is 12.8 Å². The van der Waals surface area contributed by atoms with Crippen LogP contribution < -0.4 is 5.73 Å². The van der Waals surface area contributed by atoms with Gasteiger partial charge in [-0.3, -0.25) is 10.1 Å². The third-order valence-corrected chi connectivity index (χ3v) is 2.23. The summed E-state index contributed by atoms with van der Waals surface area (Å²) in [7, 11) is 0. The lowest BCUT2D eigenvalue weighted by atomic mass is 10.1. The lowest BCUT2D eigenvalue weighted by Crippen LogP contribution is -1.95. The van der Waals surface area contributed by atoms with Crippen LogP contribution in [0.4, 0.5) is 11.4 Å². The molecular formula is C11H10N2O2. The van der Waals surface area contributed by atoms with E-state index < -0.39 is 4.92 Å². The maximum absolute atomic E-state index is 10.6. The topological polar surface area (TPSA) is 69.2 Å². The van der Waals surface area contributed by atoms with Crippen LogP contribution in [-0.4, -0.2) is 4.92 Å². The van der Waals surface area contributed by atoms with Crippen LogP contribution in [0.2, 0.25) is 0 Å². The Bertz CT molecular complexity index is 467. The molecule has 0 aliphatic heterocycles. The van der Waals surface area contributed by atoms with Crippen molar-refractivity contribution >= 4 is 11.4 Å². The highest BCUT2D eigenvalue weighted by Crippen LogP contribution is 2.28. The summed E-state index contributed by atoms with van der Waals surface area (Å²) < 4.78 is 0. The molecule has 1 saturated carbocycles. The SMILES string of the molecule is Nc1ccc(C#CC2CC2)cc1[N+](=O)[O-]. The van der Waals surface area contributed by atoms with Crippen molar-refractivity contribution in [2.75, 3.05) is 5.73 Å². The molecule has 4 nitrogen and oxygen atoms in total. The fourth-order valence-corrected chi connectivity index (χ4v) is 1.19. The first-order chi connectivity index (χ1) is 7.16. The largest absolute Gasteiger partial charge is 0.393 e. The number of hydrogen-bond donors (Lipinski definition) is 1. The van der Waals surface area contributed by atoms with Gasteiger partial charge in [0.2, 0.25) is 0 Å².